The van der Waals surface area contributed by atoms with Crippen molar-refractivity contribution in [2.45, 2.75) is 47.5 Å². The number of hydrogen-bond donors (Lipinski definition) is 0. The zero-order valence-corrected chi connectivity index (χ0v) is 16.4. The van der Waals surface area contributed by atoms with Crippen LogP contribution in [0.1, 0.15) is 6.42 Å². The Morgan fingerprint density at radius 2 is 0.857 bits per heavy atom. The average Bonchev–Trinajstić information content (AvgIpc) is 2.33. The summed E-state index contributed by atoms with van der Waals surface area (Å²) in [7, 11) is -7.97. The van der Waals surface area contributed by atoms with Crippen LogP contribution in [0.25, 0.3) is 0 Å². The fourth-order valence-corrected chi connectivity index (χ4v) is 1.77. The van der Waals surface area contributed by atoms with Gasteiger partial charge in [-0.1, -0.05) is 0 Å². The van der Waals surface area contributed by atoms with E-state index >= 15 is 0 Å². The molecule has 0 aliphatic carbocycles. The molecule has 0 spiro atoms. The summed E-state index contributed by atoms with van der Waals surface area (Å²) in [6, 6.07) is 0. The summed E-state index contributed by atoms with van der Waals surface area (Å²) in [6.07, 6.45) is -10.7. The van der Waals surface area contributed by atoms with Gasteiger partial charge in [0.2, 0.25) is 0 Å². The molecular weight excluding hydrogens is 500 g/mol. The molecule has 20 heteroatoms. The summed E-state index contributed by atoms with van der Waals surface area (Å²) in [5.41, 5.74) is 0. The van der Waals surface area contributed by atoms with Crippen LogP contribution in [-0.4, -0.2) is 54.0 Å². The molecule has 0 bridgehead atoms. The van der Waals surface area contributed by atoms with E-state index in [1.165, 1.54) is 0 Å². The third-order valence-corrected chi connectivity index (χ3v) is 3.63. The first-order chi connectivity index (χ1) is 11.2. The van der Waals surface area contributed by atoms with Crippen LogP contribution in [0.3, 0.4) is 0 Å². The van der Waals surface area contributed by atoms with Crippen LogP contribution in [0.2, 0.25) is 0 Å². The monoisotopic (exact) mass is 502 g/mol. The van der Waals surface area contributed by atoms with Gasteiger partial charge in [0, 0.05) is 0 Å². The minimum atomic E-state index is -8.44. The van der Waals surface area contributed by atoms with Crippen molar-refractivity contribution in [2.24, 2.45) is 0 Å². The molecule has 0 aromatic carbocycles. The zero-order valence-electron chi connectivity index (χ0n) is 12.5. The fraction of sp³-hybridized carbons (Fsp3) is 1.00. The van der Waals surface area contributed by atoms with Crippen molar-refractivity contribution in [3.8, 4) is 0 Å². The summed E-state index contributed by atoms with van der Waals surface area (Å²) in [6.45, 7) is 0. The average molecular weight is 502 g/mol. The van der Waals surface area contributed by atoms with Crippen molar-refractivity contribution < 1.29 is 130 Å². The number of rotatable bonds is 7. The topological polar surface area (TPSA) is 57.2 Å². The Morgan fingerprint density at radius 1 is 0.571 bits per heavy atom. The fourth-order valence-electron chi connectivity index (χ4n) is 1.33. The van der Waals surface area contributed by atoms with E-state index in [2.05, 4.69) is 0 Å². The van der Waals surface area contributed by atoms with E-state index in [1.807, 2.05) is 0 Å². The van der Waals surface area contributed by atoms with Crippen LogP contribution in [0.15, 0.2) is 0 Å². The van der Waals surface area contributed by atoms with Gasteiger partial charge in [-0.25, -0.2) is 8.42 Å². The van der Waals surface area contributed by atoms with Crippen LogP contribution in [0, 0.1) is 0 Å². The van der Waals surface area contributed by atoms with Gasteiger partial charge in [0.05, 0.1) is 0 Å². The molecule has 0 aliphatic heterocycles. The summed E-state index contributed by atoms with van der Waals surface area (Å²) in [4.78, 5) is 0. The molecule has 0 aliphatic rings. The molecule has 0 atom stereocenters. The second kappa shape index (κ2) is 7.88. The summed E-state index contributed by atoms with van der Waals surface area (Å²) in [5, 5.41) is -7.75. The first kappa shape index (κ1) is 30.7. The Balaban J connectivity index is 0. The molecule has 28 heavy (non-hydrogen) atoms. The minimum Gasteiger partial charge on any atom is -0.743 e. The van der Waals surface area contributed by atoms with E-state index in [1.54, 1.807) is 0 Å². The number of alkyl halides is 15. The minimum absolute atomic E-state index is 0. The van der Waals surface area contributed by atoms with Crippen molar-refractivity contribution >= 4 is 10.1 Å². The summed E-state index contributed by atoms with van der Waals surface area (Å²) >= 11 is 0. The number of hydrogen-bond acceptors (Lipinski definition) is 3. The van der Waals surface area contributed by atoms with E-state index in [4.69, 9.17) is 0 Å². The van der Waals surface area contributed by atoms with Gasteiger partial charge in [-0.05, 0) is 0 Å². The van der Waals surface area contributed by atoms with E-state index in [-0.39, 0.29) is 51.4 Å². The summed E-state index contributed by atoms with van der Waals surface area (Å²) < 4.78 is 219. The van der Waals surface area contributed by atoms with Crippen molar-refractivity contribution in [1.82, 2.24) is 0 Å². The maximum atomic E-state index is 13.0. The molecule has 0 amide bonds. The first-order valence-corrected chi connectivity index (χ1v) is 6.90. The maximum absolute atomic E-state index is 13.0. The largest absolute Gasteiger partial charge is 1.00 e. The quantitative estimate of drug-likeness (QED) is 0.300. The van der Waals surface area contributed by atoms with Crippen LogP contribution in [0.5, 0.6) is 0 Å². The van der Waals surface area contributed by atoms with Gasteiger partial charge in [-0.3, -0.25) is 0 Å². The SMILES string of the molecule is O=S(=O)([O-])C(F)(F)C(F)(F)C(F)(F)C(F)(F)C(F)(F)C(F)(F)CC(F)(F)F.[K+]. The predicted octanol–water partition coefficient (Wildman–Crippen LogP) is 1.26. The van der Waals surface area contributed by atoms with Gasteiger partial charge in [0.15, 0.2) is 10.1 Å². The predicted molar refractivity (Wildman–Crippen MR) is 50.1 cm³/mol. The van der Waals surface area contributed by atoms with Gasteiger partial charge < -0.3 is 4.55 Å². The summed E-state index contributed by atoms with van der Waals surface area (Å²) in [5.74, 6) is -40.4. The van der Waals surface area contributed by atoms with Crippen molar-refractivity contribution in [1.29, 1.82) is 0 Å². The van der Waals surface area contributed by atoms with Crippen LogP contribution in [-0.2, 0) is 10.1 Å². The second-order valence-electron chi connectivity index (χ2n) is 4.76. The van der Waals surface area contributed by atoms with E-state index in [0.29, 0.717) is 0 Å². The molecule has 0 unspecified atom stereocenters. The molecule has 0 rings (SSSR count). The van der Waals surface area contributed by atoms with Crippen molar-refractivity contribution in [3.05, 3.63) is 0 Å². The van der Waals surface area contributed by atoms with E-state index in [9.17, 15) is 78.8 Å². The Morgan fingerprint density at radius 3 is 1.11 bits per heavy atom. The normalized spacial score (nSPS) is 16.0. The molecule has 0 N–H and O–H groups in total. The molecule has 0 fully saturated rings. The molecule has 0 heterocycles. The number of halogens is 15. The molecule has 0 saturated carbocycles. The Hall–Kier alpha value is 0.496. The van der Waals surface area contributed by atoms with Crippen molar-refractivity contribution in [3.63, 3.8) is 0 Å². The molecule has 0 aromatic heterocycles. The molecule has 0 aromatic rings. The van der Waals surface area contributed by atoms with Gasteiger partial charge in [0.25, 0.3) is 0 Å². The van der Waals surface area contributed by atoms with Crippen LogP contribution < -0.4 is 51.4 Å². The smallest absolute Gasteiger partial charge is 0.743 e. The Bertz CT molecular complexity index is 667. The van der Waals surface area contributed by atoms with E-state index in [0.717, 1.165) is 0 Å². The molecule has 0 radical (unpaired) electrons. The standard InChI is InChI=1S/C8H3F15O3S.K/c9-2(10,1-3(11,12)13)4(14,15)5(16,17)6(18,19)7(20,21)8(22,23)27(24,25)26;/h1H2,(H,24,25,26);/q;+1/p-1. The molecular formula is C8H2F15KO3S. The van der Waals surface area contributed by atoms with Gasteiger partial charge in [-0.2, -0.15) is 65.9 Å². The van der Waals surface area contributed by atoms with Gasteiger partial charge in [-0.15, -0.1) is 0 Å². The second-order valence-corrected chi connectivity index (χ2v) is 6.19. The van der Waals surface area contributed by atoms with Crippen LogP contribution in [0.4, 0.5) is 65.9 Å². The zero-order chi connectivity index (χ0) is 22.7. The van der Waals surface area contributed by atoms with Crippen LogP contribution >= 0.6 is 0 Å². The molecule has 3 nitrogen and oxygen atoms in total. The maximum Gasteiger partial charge on any atom is 1.00 e. The third kappa shape index (κ3) is 4.71. The molecule has 164 valence electrons. The third-order valence-electron chi connectivity index (χ3n) is 2.74. The Kier molecular flexibility index (Phi) is 8.64. The van der Waals surface area contributed by atoms with E-state index < -0.39 is 57.6 Å². The Labute approximate surface area is 186 Å². The van der Waals surface area contributed by atoms with Gasteiger partial charge >= 0.3 is 92.4 Å². The first-order valence-electron chi connectivity index (χ1n) is 5.50. The van der Waals surface area contributed by atoms with Crippen molar-refractivity contribution in [2.75, 3.05) is 0 Å². The van der Waals surface area contributed by atoms with Gasteiger partial charge in [0.1, 0.15) is 6.42 Å². The molecule has 0 saturated heterocycles.